The molecule has 58 valence electrons. The van der Waals surface area contributed by atoms with Crippen molar-refractivity contribution in [3.63, 3.8) is 0 Å². The van der Waals surface area contributed by atoms with E-state index < -0.39 is 7.26 Å². The SMILES string of the molecule is COCC[P+](C)(C)C.[Cl-]. The fourth-order valence-electron chi connectivity index (χ4n) is 0.365. The zero-order valence-electron chi connectivity index (χ0n) is 6.65. The van der Waals surface area contributed by atoms with Gasteiger partial charge in [-0.15, -0.1) is 0 Å². The van der Waals surface area contributed by atoms with Crippen LogP contribution in [0.15, 0.2) is 0 Å². The molecule has 0 unspecified atom stereocenters. The monoisotopic (exact) mass is 170 g/mol. The predicted molar refractivity (Wildman–Crippen MR) is 41.4 cm³/mol. The molecule has 0 aromatic rings. The quantitative estimate of drug-likeness (QED) is 0.471. The van der Waals surface area contributed by atoms with Gasteiger partial charge in [0.05, 0.1) is 12.8 Å². The Hall–Kier alpha value is 0.680. The van der Waals surface area contributed by atoms with Crippen LogP contribution in [0.4, 0.5) is 0 Å². The smallest absolute Gasteiger partial charge is 0.0820 e. The second-order valence-corrected chi connectivity index (χ2v) is 8.03. The molecule has 0 amide bonds. The minimum Gasteiger partial charge on any atom is -1.00 e. The van der Waals surface area contributed by atoms with E-state index in [9.17, 15) is 0 Å². The van der Waals surface area contributed by atoms with Crippen LogP contribution in [0.25, 0.3) is 0 Å². The Kier molecular flexibility index (Phi) is 7.51. The van der Waals surface area contributed by atoms with E-state index in [1.54, 1.807) is 7.11 Å². The molecular formula is C6H16ClOP. The van der Waals surface area contributed by atoms with Gasteiger partial charge in [0, 0.05) is 34.4 Å². The lowest BCUT2D eigenvalue weighted by atomic mass is 10.9. The number of methoxy groups -OCH3 is 1. The number of hydrogen-bond donors (Lipinski definition) is 0. The van der Waals surface area contributed by atoms with Gasteiger partial charge in [-0.3, -0.25) is 0 Å². The van der Waals surface area contributed by atoms with Crippen molar-refractivity contribution in [2.24, 2.45) is 0 Å². The predicted octanol–water partition coefficient (Wildman–Crippen LogP) is -1.46. The summed E-state index contributed by atoms with van der Waals surface area (Å²) >= 11 is 0. The highest BCUT2D eigenvalue weighted by atomic mass is 35.5. The molecule has 0 aliphatic heterocycles. The van der Waals surface area contributed by atoms with Gasteiger partial charge >= 0.3 is 0 Å². The first kappa shape index (κ1) is 12.4. The maximum absolute atomic E-state index is 4.95. The van der Waals surface area contributed by atoms with Crippen molar-refractivity contribution < 1.29 is 17.1 Å². The summed E-state index contributed by atoms with van der Waals surface area (Å²) in [5.41, 5.74) is 0. The first-order valence-corrected chi connectivity index (χ1v) is 6.17. The summed E-state index contributed by atoms with van der Waals surface area (Å²) < 4.78 is 4.95. The molecule has 0 spiro atoms. The third kappa shape index (κ3) is 12.0. The Morgan fingerprint density at radius 1 is 1.22 bits per heavy atom. The van der Waals surface area contributed by atoms with Crippen LogP contribution in [0.5, 0.6) is 0 Å². The lowest BCUT2D eigenvalue weighted by Crippen LogP contribution is -3.00. The van der Waals surface area contributed by atoms with Crippen LogP contribution in [0.2, 0.25) is 0 Å². The van der Waals surface area contributed by atoms with Crippen LogP contribution >= 0.6 is 7.26 Å². The van der Waals surface area contributed by atoms with Gasteiger partial charge in [0.25, 0.3) is 0 Å². The van der Waals surface area contributed by atoms with Crippen LogP contribution in [0, 0.1) is 0 Å². The maximum Gasteiger partial charge on any atom is 0.0820 e. The molecule has 0 fully saturated rings. The summed E-state index contributed by atoms with van der Waals surface area (Å²) in [6.07, 6.45) is 1.25. The highest BCUT2D eigenvalue weighted by molar-refractivity contribution is 7.73. The number of ether oxygens (including phenoxy) is 1. The average molecular weight is 171 g/mol. The van der Waals surface area contributed by atoms with E-state index in [0.29, 0.717) is 0 Å². The number of halogens is 1. The molecular weight excluding hydrogens is 154 g/mol. The van der Waals surface area contributed by atoms with Crippen molar-refractivity contribution in [2.45, 2.75) is 0 Å². The molecule has 0 aromatic heterocycles. The largest absolute Gasteiger partial charge is 1.00 e. The Morgan fingerprint density at radius 2 is 1.67 bits per heavy atom. The molecule has 0 aliphatic carbocycles. The zero-order chi connectivity index (χ0) is 6.62. The molecule has 0 saturated carbocycles. The second-order valence-electron chi connectivity index (χ2n) is 3.01. The fourth-order valence-corrected chi connectivity index (χ4v) is 1.10. The Bertz CT molecular complexity index is 60.6. The summed E-state index contributed by atoms with van der Waals surface area (Å²) in [5, 5.41) is 0. The van der Waals surface area contributed by atoms with Gasteiger partial charge in [-0.25, -0.2) is 0 Å². The minimum atomic E-state index is -0.557. The van der Waals surface area contributed by atoms with Gasteiger partial charge in [-0.1, -0.05) is 0 Å². The molecule has 0 N–H and O–H groups in total. The average Bonchev–Trinajstić information content (AvgIpc) is 1.59. The van der Waals surface area contributed by atoms with Crippen LogP contribution in [-0.4, -0.2) is 39.9 Å². The van der Waals surface area contributed by atoms with Crippen molar-refractivity contribution >= 4 is 7.26 Å². The van der Waals surface area contributed by atoms with E-state index in [-0.39, 0.29) is 12.4 Å². The van der Waals surface area contributed by atoms with E-state index in [1.807, 2.05) is 0 Å². The van der Waals surface area contributed by atoms with Crippen molar-refractivity contribution in [3.05, 3.63) is 0 Å². The number of rotatable bonds is 3. The molecule has 0 aliphatic rings. The Morgan fingerprint density at radius 3 is 1.78 bits per heavy atom. The van der Waals surface area contributed by atoms with Gasteiger partial charge in [0.1, 0.15) is 0 Å². The molecule has 0 heterocycles. The molecule has 9 heavy (non-hydrogen) atoms. The van der Waals surface area contributed by atoms with Crippen molar-refractivity contribution in [1.29, 1.82) is 0 Å². The molecule has 0 rings (SSSR count). The fraction of sp³-hybridized carbons (Fsp3) is 1.00. The summed E-state index contributed by atoms with van der Waals surface area (Å²) in [7, 11) is 1.20. The molecule has 3 heteroatoms. The number of hydrogen-bond acceptors (Lipinski definition) is 1. The molecule has 0 aromatic carbocycles. The first-order valence-electron chi connectivity index (χ1n) is 2.85. The topological polar surface area (TPSA) is 9.23 Å². The second kappa shape index (κ2) is 5.46. The summed E-state index contributed by atoms with van der Waals surface area (Å²) in [6.45, 7) is 7.90. The summed E-state index contributed by atoms with van der Waals surface area (Å²) in [4.78, 5) is 0. The van der Waals surface area contributed by atoms with E-state index in [0.717, 1.165) is 6.61 Å². The van der Waals surface area contributed by atoms with Gasteiger partial charge in [-0.05, 0) is 0 Å². The van der Waals surface area contributed by atoms with E-state index in [2.05, 4.69) is 20.0 Å². The minimum absolute atomic E-state index is 0. The lowest BCUT2D eigenvalue weighted by molar-refractivity contribution is -0.00000249. The molecule has 0 atom stereocenters. The van der Waals surface area contributed by atoms with Gasteiger partial charge in [-0.2, -0.15) is 0 Å². The third-order valence-corrected chi connectivity index (χ3v) is 2.49. The molecule has 0 bridgehead atoms. The van der Waals surface area contributed by atoms with E-state index in [4.69, 9.17) is 4.74 Å². The zero-order valence-corrected chi connectivity index (χ0v) is 8.30. The summed E-state index contributed by atoms with van der Waals surface area (Å²) in [5.74, 6) is 0. The lowest BCUT2D eigenvalue weighted by Gasteiger charge is -2.09. The van der Waals surface area contributed by atoms with Crippen molar-refractivity contribution in [1.82, 2.24) is 0 Å². The van der Waals surface area contributed by atoms with Crippen LogP contribution < -0.4 is 12.4 Å². The highest BCUT2D eigenvalue weighted by Crippen LogP contribution is 2.45. The van der Waals surface area contributed by atoms with Gasteiger partial charge < -0.3 is 17.1 Å². The summed E-state index contributed by atoms with van der Waals surface area (Å²) in [6, 6.07) is 0. The first-order chi connectivity index (χ1) is 3.56. The van der Waals surface area contributed by atoms with Crippen molar-refractivity contribution in [3.8, 4) is 0 Å². The molecule has 1 nitrogen and oxygen atoms in total. The molecule has 0 saturated heterocycles. The van der Waals surface area contributed by atoms with Gasteiger partial charge in [0.2, 0.25) is 0 Å². The standard InChI is InChI=1S/C6H16OP.ClH/c1-7-5-6-8(2,3)4;/h5-6H2,1-4H3;1H/q+1;/p-1. The maximum atomic E-state index is 4.95. The normalized spacial score (nSPS) is 10.7. The van der Waals surface area contributed by atoms with Crippen LogP contribution in [0.3, 0.4) is 0 Å². The Labute approximate surface area is 64.9 Å². The van der Waals surface area contributed by atoms with E-state index in [1.165, 1.54) is 6.16 Å². The molecule has 0 radical (unpaired) electrons. The third-order valence-electron chi connectivity index (χ3n) is 0.966. The Balaban J connectivity index is 0. The van der Waals surface area contributed by atoms with Gasteiger partial charge in [0.15, 0.2) is 0 Å². The van der Waals surface area contributed by atoms with Crippen molar-refractivity contribution in [2.75, 3.05) is 39.9 Å². The highest BCUT2D eigenvalue weighted by Gasteiger charge is 2.15. The van der Waals surface area contributed by atoms with Crippen LogP contribution in [-0.2, 0) is 4.74 Å². The van der Waals surface area contributed by atoms with Crippen LogP contribution in [0.1, 0.15) is 0 Å². The van der Waals surface area contributed by atoms with E-state index >= 15 is 0 Å².